The summed E-state index contributed by atoms with van der Waals surface area (Å²) in [5, 5.41) is 0. The number of rotatable bonds is 7. The molecular formula is C23H31NO4S. The lowest BCUT2D eigenvalue weighted by molar-refractivity contribution is 0.0260. The summed E-state index contributed by atoms with van der Waals surface area (Å²) >= 11 is 0. The molecule has 0 unspecified atom stereocenters. The Balaban J connectivity index is 1.99. The monoisotopic (exact) mass is 417 g/mol. The van der Waals surface area contributed by atoms with Crippen molar-refractivity contribution < 1.29 is 17.9 Å². The van der Waals surface area contributed by atoms with Gasteiger partial charge in [0.2, 0.25) is 10.0 Å². The van der Waals surface area contributed by atoms with Gasteiger partial charge in [0, 0.05) is 12.0 Å². The molecule has 1 heterocycles. The van der Waals surface area contributed by atoms with Crippen LogP contribution < -0.4 is 14.2 Å². The van der Waals surface area contributed by atoms with Crippen LogP contribution in [0.25, 0.3) is 0 Å². The second kappa shape index (κ2) is 8.36. The van der Waals surface area contributed by atoms with Gasteiger partial charge in [-0.05, 0) is 48.6 Å². The quantitative estimate of drug-likeness (QED) is 0.674. The van der Waals surface area contributed by atoms with E-state index in [0.717, 1.165) is 29.7 Å². The van der Waals surface area contributed by atoms with E-state index < -0.39 is 10.0 Å². The Morgan fingerprint density at radius 2 is 1.86 bits per heavy atom. The zero-order valence-electron chi connectivity index (χ0n) is 17.9. The molecule has 3 rings (SSSR count). The molecule has 0 aromatic heterocycles. The Hall–Kier alpha value is -2.05. The SMILES string of the molecule is CCC1(CC)C[C@@H](NS(=O)(=O)c2ccc(OC)c(C(C)C)c2)c2ccccc2O1. The van der Waals surface area contributed by atoms with Crippen LogP contribution in [-0.2, 0) is 10.0 Å². The van der Waals surface area contributed by atoms with E-state index in [1.54, 1.807) is 25.3 Å². The molecule has 1 aliphatic rings. The van der Waals surface area contributed by atoms with Gasteiger partial charge in [-0.2, -0.15) is 0 Å². The fraction of sp³-hybridized carbons (Fsp3) is 0.478. The lowest BCUT2D eigenvalue weighted by Crippen LogP contribution is -2.44. The smallest absolute Gasteiger partial charge is 0.241 e. The zero-order chi connectivity index (χ0) is 21.2. The molecule has 29 heavy (non-hydrogen) atoms. The van der Waals surface area contributed by atoms with Crippen molar-refractivity contribution in [2.45, 2.75) is 69.4 Å². The van der Waals surface area contributed by atoms with E-state index >= 15 is 0 Å². The van der Waals surface area contributed by atoms with Crippen LogP contribution in [0, 0.1) is 0 Å². The first-order chi connectivity index (χ1) is 13.7. The van der Waals surface area contributed by atoms with Gasteiger partial charge in [-0.15, -0.1) is 0 Å². The molecule has 6 heteroatoms. The Kier molecular flexibility index (Phi) is 6.24. The Bertz CT molecular complexity index is 965. The van der Waals surface area contributed by atoms with Crippen molar-refractivity contribution in [1.82, 2.24) is 4.72 Å². The third-order valence-electron chi connectivity index (χ3n) is 5.92. The van der Waals surface area contributed by atoms with Gasteiger partial charge in [0.25, 0.3) is 0 Å². The number of hydrogen-bond donors (Lipinski definition) is 1. The number of benzene rings is 2. The van der Waals surface area contributed by atoms with Crippen molar-refractivity contribution in [2.24, 2.45) is 0 Å². The van der Waals surface area contributed by atoms with E-state index in [9.17, 15) is 8.42 Å². The van der Waals surface area contributed by atoms with Crippen molar-refractivity contribution >= 4 is 10.0 Å². The first kappa shape index (κ1) is 21.7. The minimum Gasteiger partial charge on any atom is -0.496 e. The van der Waals surface area contributed by atoms with E-state index in [1.807, 2.05) is 38.1 Å². The lowest BCUT2D eigenvalue weighted by Gasteiger charge is -2.41. The van der Waals surface area contributed by atoms with Gasteiger partial charge in [-0.25, -0.2) is 13.1 Å². The van der Waals surface area contributed by atoms with Gasteiger partial charge < -0.3 is 9.47 Å². The third-order valence-corrected chi connectivity index (χ3v) is 7.39. The van der Waals surface area contributed by atoms with Crippen LogP contribution in [0.5, 0.6) is 11.5 Å². The number of ether oxygens (including phenoxy) is 2. The highest BCUT2D eigenvalue weighted by molar-refractivity contribution is 7.89. The summed E-state index contributed by atoms with van der Waals surface area (Å²) in [5.41, 5.74) is 1.38. The molecule has 0 saturated heterocycles. The minimum atomic E-state index is -3.71. The maximum absolute atomic E-state index is 13.3. The van der Waals surface area contributed by atoms with E-state index in [2.05, 4.69) is 18.6 Å². The number of methoxy groups -OCH3 is 1. The summed E-state index contributed by atoms with van der Waals surface area (Å²) < 4.78 is 41.2. The van der Waals surface area contributed by atoms with Crippen LogP contribution in [0.15, 0.2) is 47.4 Å². The zero-order valence-corrected chi connectivity index (χ0v) is 18.7. The molecule has 2 aromatic carbocycles. The van der Waals surface area contributed by atoms with Gasteiger partial charge in [-0.3, -0.25) is 0 Å². The summed E-state index contributed by atoms with van der Waals surface area (Å²) in [4.78, 5) is 0.254. The number of para-hydroxylation sites is 1. The lowest BCUT2D eigenvalue weighted by atomic mass is 9.84. The molecule has 1 N–H and O–H groups in total. The topological polar surface area (TPSA) is 64.6 Å². The molecule has 0 amide bonds. The van der Waals surface area contributed by atoms with E-state index in [4.69, 9.17) is 9.47 Å². The van der Waals surface area contributed by atoms with Crippen LogP contribution in [0.3, 0.4) is 0 Å². The standard InChI is InChI=1S/C23H31NO4S/c1-6-23(7-2)15-20(18-10-8-9-11-22(18)28-23)24-29(25,26)17-12-13-21(27-5)19(14-17)16(3)4/h8-14,16,20,24H,6-7,15H2,1-5H3/t20-/m1/s1. The molecule has 0 spiro atoms. The molecule has 0 fully saturated rings. The van der Waals surface area contributed by atoms with Crippen LogP contribution >= 0.6 is 0 Å². The first-order valence-electron chi connectivity index (χ1n) is 10.2. The highest BCUT2D eigenvalue weighted by Crippen LogP contribution is 2.43. The highest BCUT2D eigenvalue weighted by Gasteiger charge is 2.40. The third kappa shape index (κ3) is 4.28. The van der Waals surface area contributed by atoms with Gasteiger partial charge in [0.1, 0.15) is 17.1 Å². The summed E-state index contributed by atoms with van der Waals surface area (Å²) in [6.45, 7) is 8.21. The number of nitrogens with one attached hydrogen (secondary N) is 1. The van der Waals surface area contributed by atoms with Crippen molar-refractivity contribution in [2.75, 3.05) is 7.11 Å². The number of fused-ring (bicyclic) bond motifs is 1. The molecular weight excluding hydrogens is 386 g/mol. The first-order valence-corrected chi connectivity index (χ1v) is 11.7. The molecule has 1 aliphatic heterocycles. The summed E-state index contributed by atoms with van der Waals surface area (Å²) in [6.07, 6.45) is 2.23. The average Bonchev–Trinajstić information content (AvgIpc) is 2.72. The largest absolute Gasteiger partial charge is 0.496 e. The fourth-order valence-corrected chi connectivity index (χ4v) is 5.24. The van der Waals surface area contributed by atoms with Crippen LogP contribution in [0.4, 0.5) is 0 Å². The van der Waals surface area contributed by atoms with Crippen molar-refractivity contribution in [1.29, 1.82) is 0 Å². The summed E-state index contributed by atoms with van der Waals surface area (Å²) in [5.74, 6) is 1.61. The molecule has 0 radical (unpaired) electrons. The normalized spacial score (nSPS) is 18.2. The minimum absolute atomic E-state index is 0.150. The van der Waals surface area contributed by atoms with Crippen molar-refractivity contribution in [3.05, 3.63) is 53.6 Å². The second-order valence-electron chi connectivity index (χ2n) is 7.97. The van der Waals surface area contributed by atoms with Crippen molar-refractivity contribution in [3.63, 3.8) is 0 Å². The van der Waals surface area contributed by atoms with Crippen LogP contribution in [0.1, 0.15) is 70.0 Å². The molecule has 1 atom stereocenters. The van der Waals surface area contributed by atoms with E-state index in [0.29, 0.717) is 12.2 Å². The van der Waals surface area contributed by atoms with Gasteiger partial charge in [-0.1, -0.05) is 45.9 Å². The predicted octanol–water partition coefficient (Wildman–Crippen LogP) is 5.18. The van der Waals surface area contributed by atoms with E-state index in [1.165, 1.54) is 0 Å². The fourth-order valence-electron chi connectivity index (χ4n) is 3.99. The molecule has 5 nitrogen and oxygen atoms in total. The maximum Gasteiger partial charge on any atom is 0.241 e. The van der Waals surface area contributed by atoms with E-state index in [-0.39, 0.29) is 22.5 Å². The van der Waals surface area contributed by atoms with Crippen molar-refractivity contribution in [3.8, 4) is 11.5 Å². The Labute approximate surface area is 174 Å². The Morgan fingerprint density at radius 1 is 1.17 bits per heavy atom. The molecule has 0 bridgehead atoms. The predicted molar refractivity (Wildman–Crippen MR) is 115 cm³/mol. The summed E-state index contributed by atoms with van der Waals surface area (Å²) in [7, 11) is -2.11. The molecule has 0 aliphatic carbocycles. The molecule has 2 aromatic rings. The van der Waals surface area contributed by atoms with Gasteiger partial charge in [0.05, 0.1) is 18.0 Å². The maximum atomic E-state index is 13.3. The number of hydrogen-bond acceptors (Lipinski definition) is 4. The second-order valence-corrected chi connectivity index (χ2v) is 9.68. The molecule has 0 saturated carbocycles. The van der Waals surface area contributed by atoms with Crippen LogP contribution in [0.2, 0.25) is 0 Å². The van der Waals surface area contributed by atoms with Gasteiger partial charge in [0.15, 0.2) is 0 Å². The summed E-state index contributed by atoms with van der Waals surface area (Å²) in [6, 6.07) is 12.4. The Morgan fingerprint density at radius 3 is 2.48 bits per heavy atom. The van der Waals surface area contributed by atoms with Crippen LogP contribution in [-0.4, -0.2) is 21.1 Å². The average molecular weight is 418 g/mol. The van der Waals surface area contributed by atoms with Gasteiger partial charge >= 0.3 is 0 Å². The number of sulfonamides is 1. The molecule has 158 valence electrons. The highest BCUT2D eigenvalue weighted by atomic mass is 32.2.